The van der Waals surface area contributed by atoms with E-state index in [0.29, 0.717) is 54.2 Å². The Labute approximate surface area is 237 Å². The number of ether oxygens (including phenoxy) is 2. The minimum atomic E-state index is -0.283. The number of benzene rings is 1. The number of aryl methyl sites for hydroxylation is 2. The third-order valence-corrected chi connectivity index (χ3v) is 7.20. The molecule has 1 aliphatic carbocycles. The number of hydrogen-bond acceptors (Lipinski definition) is 7. The lowest BCUT2D eigenvalue weighted by Crippen LogP contribution is -2.26. The zero-order valence-electron chi connectivity index (χ0n) is 23.1. The molecule has 1 fully saturated rings. The molecular weight excluding hydrogens is 522 g/mol. The topological polar surface area (TPSA) is 125 Å². The average molecular weight is 556 g/mol. The van der Waals surface area contributed by atoms with E-state index in [1.165, 1.54) is 6.08 Å². The maximum Gasteiger partial charge on any atom is 0.258 e. The van der Waals surface area contributed by atoms with E-state index in [4.69, 9.17) is 19.4 Å². The number of aromatic nitrogens is 5. The highest BCUT2D eigenvalue weighted by atomic mass is 16.5. The number of fused-ring (bicyclic) bond motifs is 7. The van der Waals surface area contributed by atoms with Crippen molar-refractivity contribution in [2.75, 3.05) is 25.1 Å². The number of nitrogens with zero attached hydrogens (tertiary/aromatic N) is 5. The highest BCUT2D eigenvalue weighted by Gasteiger charge is 2.30. The first-order valence-corrected chi connectivity index (χ1v) is 14.0. The summed E-state index contributed by atoms with van der Waals surface area (Å²) >= 11 is 0. The molecule has 2 bridgehead atoms. The van der Waals surface area contributed by atoms with Gasteiger partial charge in [-0.1, -0.05) is 12.6 Å². The number of carbonyl (C=O) groups excluding carboxylic acids is 2. The summed E-state index contributed by atoms with van der Waals surface area (Å²) in [5.74, 6) is 1.26. The zero-order chi connectivity index (χ0) is 28.3. The summed E-state index contributed by atoms with van der Waals surface area (Å²) in [5.41, 5.74) is 4.14. The van der Waals surface area contributed by atoms with Crippen molar-refractivity contribution in [3.63, 3.8) is 0 Å². The maximum atomic E-state index is 13.6. The molecule has 0 unspecified atom stereocenters. The van der Waals surface area contributed by atoms with E-state index < -0.39 is 0 Å². The number of para-hydroxylation sites is 1. The Morgan fingerprint density at radius 1 is 1.24 bits per heavy atom. The van der Waals surface area contributed by atoms with E-state index in [0.717, 1.165) is 54.8 Å². The number of hydrogen-bond donors (Lipinski definition) is 2. The van der Waals surface area contributed by atoms with Crippen LogP contribution < -0.4 is 20.1 Å². The number of nitrogens with one attached hydrogen (secondary N) is 2. The third kappa shape index (κ3) is 5.65. The first kappa shape index (κ1) is 26.5. The van der Waals surface area contributed by atoms with E-state index in [2.05, 4.69) is 22.3 Å². The monoisotopic (exact) mass is 555 g/mol. The summed E-state index contributed by atoms with van der Waals surface area (Å²) in [7, 11) is 0. The molecule has 0 atom stereocenters. The Morgan fingerprint density at radius 3 is 2.95 bits per heavy atom. The van der Waals surface area contributed by atoms with Gasteiger partial charge in [0.05, 0.1) is 42.2 Å². The van der Waals surface area contributed by atoms with Gasteiger partial charge in [0.1, 0.15) is 17.9 Å². The van der Waals surface area contributed by atoms with Crippen LogP contribution in [0.5, 0.6) is 11.6 Å². The van der Waals surface area contributed by atoms with E-state index >= 15 is 0 Å². The molecular formula is C30H33N7O4. The molecule has 0 saturated heterocycles. The van der Waals surface area contributed by atoms with Gasteiger partial charge in [-0.05, 0) is 69.4 Å². The van der Waals surface area contributed by atoms with Crippen molar-refractivity contribution in [1.82, 2.24) is 29.6 Å². The van der Waals surface area contributed by atoms with Gasteiger partial charge in [-0.25, -0.2) is 9.67 Å². The SMILES string of the molecule is C=CC(=O)NCCOc1cccc2nc3n(c12)CCCCCOc1c(cnn1C1CC1)-c1cc(cc(C)n1)C(=O)N3. The molecule has 3 aromatic heterocycles. The largest absolute Gasteiger partial charge is 0.489 e. The summed E-state index contributed by atoms with van der Waals surface area (Å²) in [6, 6.07) is 9.53. The van der Waals surface area contributed by atoms with Crippen molar-refractivity contribution in [3.05, 3.63) is 60.4 Å². The van der Waals surface area contributed by atoms with Crippen LogP contribution >= 0.6 is 0 Å². The van der Waals surface area contributed by atoms with Gasteiger partial charge in [0.25, 0.3) is 5.91 Å². The maximum absolute atomic E-state index is 13.6. The van der Waals surface area contributed by atoms with Gasteiger partial charge < -0.3 is 19.4 Å². The molecule has 41 heavy (non-hydrogen) atoms. The van der Waals surface area contributed by atoms with Crippen LogP contribution in [0, 0.1) is 6.92 Å². The summed E-state index contributed by atoms with van der Waals surface area (Å²) < 4.78 is 16.3. The molecule has 2 N–H and O–H groups in total. The van der Waals surface area contributed by atoms with E-state index in [1.807, 2.05) is 34.4 Å². The van der Waals surface area contributed by atoms with Gasteiger partial charge >= 0.3 is 0 Å². The molecule has 6 rings (SSSR count). The Hall–Kier alpha value is -4.67. The Morgan fingerprint density at radius 2 is 2.12 bits per heavy atom. The van der Waals surface area contributed by atoms with Gasteiger partial charge in [-0.15, -0.1) is 0 Å². The Bertz CT molecular complexity index is 1620. The van der Waals surface area contributed by atoms with Gasteiger partial charge in [0.15, 0.2) is 0 Å². The standard InChI is InChI=1S/C30H33N7O4/c1-3-26(38)31-12-15-40-25-9-7-8-23-27(25)36-13-5-4-6-14-41-29-22(18-32-37(29)21-10-11-21)24-17-20(16-19(2)33-24)28(39)35-30(36)34-23/h3,7-9,16-18,21H,1,4-6,10-15H2,2H3,(H,31,38)(H,34,35,39). The molecule has 1 saturated carbocycles. The molecule has 1 aromatic carbocycles. The van der Waals surface area contributed by atoms with Crippen molar-refractivity contribution >= 4 is 28.8 Å². The van der Waals surface area contributed by atoms with Crippen molar-refractivity contribution in [2.24, 2.45) is 0 Å². The second kappa shape index (κ2) is 11.4. The second-order valence-electron chi connectivity index (χ2n) is 10.3. The van der Waals surface area contributed by atoms with Crippen LogP contribution in [0.25, 0.3) is 22.3 Å². The fraction of sp³-hybridized carbons (Fsp3) is 0.367. The van der Waals surface area contributed by atoms with Crippen LogP contribution in [-0.2, 0) is 11.3 Å². The molecule has 0 radical (unpaired) electrons. The van der Waals surface area contributed by atoms with Gasteiger partial charge in [0.2, 0.25) is 17.7 Å². The molecule has 2 aliphatic rings. The van der Waals surface area contributed by atoms with Crippen LogP contribution in [-0.4, -0.2) is 55.9 Å². The molecule has 1 aliphatic heterocycles. The Kier molecular flexibility index (Phi) is 7.41. The molecule has 212 valence electrons. The second-order valence-corrected chi connectivity index (χ2v) is 10.3. The zero-order valence-corrected chi connectivity index (χ0v) is 23.1. The first-order valence-electron chi connectivity index (χ1n) is 14.0. The number of anilines is 1. The van der Waals surface area contributed by atoms with E-state index in [1.54, 1.807) is 18.3 Å². The number of imidazole rings is 1. The predicted molar refractivity (Wildman–Crippen MR) is 154 cm³/mol. The summed E-state index contributed by atoms with van der Waals surface area (Å²) in [5, 5.41) is 10.4. The highest BCUT2D eigenvalue weighted by molar-refractivity contribution is 6.05. The normalized spacial score (nSPS) is 15.5. The lowest BCUT2D eigenvalue weighted by molar-refractivity contribution is -0.116. The van der Waals surface area contributed by atoms with Crippen LogP contribution in [0.3, 0.4) is 0 Å². The minimum Gasteiger partial charge on any atom is -0.489 e. The van der Waals surface area contributed by atoms with Crippen molar-refractivity contribution in [3.8, 4) is 22.9 Å². The van der Waals surface area contributed by atoms with Crippen LogP contribution in [0.1, 0.15) is 54.2 Å². The molecule has 4 heterocycles. The van der Waals surface area contributed by atoms with Gasteiger partial charge in [-0.2, -0.15) is 5.10 Å². The number of amides is 2. The Balaban J connectivity index is 1.34. The fourth-order valence-electron chi connectivity index (χ4n) is 5.07. The number of rotatable bonds is 6. The summed E-state index contributed by atoms with van der Waals surface area (Å²) in [6.07, 6.45) is 7.82. The van der Waals surface area contributed by atoms with Crippen LogP contribution in [0.2, 0.25) is 0 Å². The van der Waals surface area contributed by atoms with E-state index in [-0.39, 0.29) is 18.4 Å². The molecule has 0 spiro atoms. The van der Waals surface area contributed by atoms with Crippen molar-refractivity contribution in [2.45, 2.75) is 51.6 Å². The van der Waals surface area contributed by atoms with Crippen molar-refractivity contribution in [1.29, 1.82) is 0 Å². The van der Waals surface area contributed by atoms with E-state index in [9.17, 15) is 9.59 Å². The molecule has 11 heteroatoms. The summed E-state index contributed by atoms with van der Waals surface area (Å²) in [6.45, 7) is 7.14. The van der Waals surface area contributed by atoms with Gasteiger partial charge in [-0.3, -0.25) is 19.9 Å². The predicted octanol–water partition coefficient (Wildman–Crippen LogP) is 4.43. The number of carbonyl (C=O) groups is 2. The lowest BCUT2D eigenvalue weighted by Gasteiger charge is -2.13. The third-order valence-electron chi connectivity index (χ3n) is 7.20. The van der Waals surface area contributed by atoms with Gasteiger partial charge in [0, 0.05) is 17.8 Å². The fourth-order valence-corrected chi connectivity index (χ4v) is 5.07. The lowest BCUT2D eigenvalue weighted by atomic mass is 10.1. The quantitative estimate of drug-likeness (QED) is 0.266. The summed E-state index contributed by atoms with van der Waals surface area (Å²) in [4.78, 5) is 34.6. The highest BCUT2D eigenvalue weighted by Crippen LogP contribution is 2.41. The van der Waals surface area contributed by atoms with Crippen LogP contribution in [0.4, 0.5) is 5.95 Å². The average Bonchev–Trinajstić information content (AvgIpc) is 3.63. The van der Waals surface area contributed by atoms with Crippen LogP contribution in [0.15, 0.2) is 49.2 Å². The molecule has 2 amide bonds. The van der Waals surface area contributed by atoms with Crippen molar-refractivity contribution < 1.29 is 19.1 Å². The molecule has 4 aromatic rings. The minimum absolute atomic E-state index is 0.253. The first-order chi connectivity index (χ1) is 20.0. The molecule has 11 nitrogen and oxygen atoms in total. The smallest absolute Gasteiger partial charge is 0.258 e. The number of pyridine rings is 1.